The van der Waals surface area contributed by atoms with Gasteiger partial charge >= 0.3 is 5.97 Å². The Morgan fingerprint density at radius 2 is 1.77 bits per heavy atom. The highest BCUT2D eigenvalue weighted by atomic mass is 16.4. The van der Waals surface area contributed by atoms with Crippen LogP contribution in [0.15, 0.2) is 12.2 Å². The van der Waals surface area contributed by atoms with Crippen molar-refractivity contribution in [3.05, 3.63) is 12.2 Å². The molecule has 0 aromatic heterocycles. The molecule has 22 heavy (non-hydrogen) atoms. The molecule has 5 heteroatoms. The molecular weight excluding hydrogens is 282 g/mol. The average molecular weight is 303 g/mol. The zero-order valence-corrected chi connectivity index (χ0v) is 12.6. The summed E-state index contributed by atoms with van der Waals surface area (Å²) in [5.41, 5.74) is 0. The molecule has 1 heterocycles. The predicted octanol–water partition coefficient (Wildman–Crippen LogP) is 1.68. The van der Waals surface area contributed by atoms with Gasteiger partial charge in [-0.05, 0) is 36.5 Å². The first-order valence-electron chi connectivity index (χ1n) is 8.34. The van der Waals surface area contributed by atoms with Crippen LogP contribution < -0.4 is 0 Å². The summed E-state index contributed by atoms with van der Waals surface area (Å²) < 4.78 is 0. The van der Waals surface area contributed by atoms with E-state index in [0.29, 0.717) is 24.7 Å². The highest BCUT2D eigenvalue weighted by molar-refractivity contribution is 6.08. The van der Waals surface area contributed by atoms with Crippen LogP contribution in [-0.2, 0) is 14.4 Å². The maximum Gasteiger partial charge on any atom is 0.326 e. The highest BCUT2D eigenvalue weighted by Gasteiger charge is 2.67. The molecule has 7 atom stereocenters. The van der Waals surface area contributed by atoms with Crippen molar-refractivity contribution in [1.29, 1.82) is 0 Å². The van der Waals surface area contributed by atoms with E-state index in [-0.39, 0.29) is 35.5 Å². The molecule has 1 aliphatic heterocycles. The monoisotopic (exact) mass is 303 g/mol. The number of carboxylic acids is 1. The molecule has 5 rings (SSSR count). The number of likely N-dealkylation sites (tertiary alicyclic amines) is 1. The van der Waals surface area contributed by atoms with Gasteiger partial charge in [0.05, 0.1) is 11.8 Å². The van der Waals surface area contributed by atoms with Crippen LogP contribution in [0.1, 0.15) is 32.6 Å². The Bertz CT molecular complexity index is 547. The van der Waals surface area contributed by atoms with Crippen molar-refractivity contribution in [2.24, 2.45) is 35.5 Å². The van der Waals surface area contributed by atoms with Crippen molar-refractivity contribution < 1.29 is 19.5 Å². The van der Waals surface area contributed by atoms with Crippen LogP contribution in [0.4, 0.5) is 0 Å². The quantitative estimate of drug-likeness (QED) is 0.619. The van der Waals surface area contributed by atoms with Crippen LogP contribution in [0.2, 0.25) is 0 Å². The van der Waals surface area contributed by atoms with Crippen LogP contribution in [0, 0.1) is 35.5 Å². The Morgan fingerprint density at radius 3 is 2.23 bits per heavy atom. The summed E-state index contributed by atoms with van der Waals surface area (Å²) >= 11 is 0. The average Bonchev–Trinajstić information content (AvgIpc) is 3.27. The normalized spacial score (nSPS) is 42.3. The molecule has 1 saturated heterocycles. The van der Waals surface area contributed by atoms with Crippen molar-refractivity contribution in [1.82, 2.24) is 4.90 Å². The molecule has 3 fully saturated rings. The lowest BCUT2D eigenvalue weighted by atomic mass is 9.63. The lowest BCUT2D eigenvalue weighted by molar-refractivity contribution is -0.155. The fourth-order valence-corrected chi connectivity index (χ4v) is 5.05. The van der Waals surface area contributed by atoms with Gasteiger partial charge in [-0.3, -0.25) is 14.5 Å². The van der Waals surface area contributed by atoms with Gasteiger partial charge in [0.2, 0.25) is 11.8 Å². The number of aliphatic carboxylic acids is 1. The predicted molar refractivity (Wildman–Crippen MR) is 77.5 cm³/mol. The van der Waals surface area contributed by atoms with Gasteiger partial charge in [0.15, 0.2) is 0 Å². The van der Waals surface area contributed by atoms with Crippen molar-refractivity contribution >= 4 is 17.8 Å². The van der Waals surface area contributed by atoms with Gasteiger partial charge in [0, 0.05) is 0 Å². The van der Waals surface area contributed by atoms with E-state index in [1.54, 1.807) is 0 Å². The molecule has 2 amide bonds. The number of carboxylic acid groups (broad SMARTS) is 1. The summed E-state index contributed by atoms with van der Waals surface area (Å²) in [5, 5.41) is 9.48. The Hall–Kier alpha value is -1.65. The van der Waals surface area contributed by atoms with Crippen LogP contribution in [-0.4, -0.2) is 33.8 Å². The first-order chi connectivity index (χ1) is 10.6. The fourth-order valence-electron chi connectivity index (χ4n) is 5.05. The first-order valence-corrected chi connectivity index (χ1v) is 8.34. The second kappa shape index (κ2) is 4.67. The lowest BCUT2D eigenvalue weighted by Gasteiger charge is -2.37. The van der Waals surface area contributed by atoms with E-state index in [4.69, 9.17) is 0 Å². The van der Waals surface area contributed by atoms with Gasteiger partial charge in [-0.1, -0.05) is 31.9 Å². The molecule has 0 aromatic carbocycles. The van der Waals surface area contributed by atoms with E-state index in [1.165, 1.54) is 0 Å². The third kappa shape index (κ3) is 1.68. The summed E-state index contributed by atoms with van der Waals surface area (Å²) in [5.74, 6) is -0.710. The largest absolute Gasteiger partial charge is 0.480 e. The van der Waals surface area contributed by atoms with Gasteiger partial charge in [-0.15, -0.1) is 0 Å². The van der Waals surface area contributed by atoms with E-state index in [9.17, 15) is 19.5 Å². The van der Waals surface area contributed by atoms with E-state index >= 15 is 0 Å². The van der Waals surface area contributed by atoms with Crippen molar-refractivity contribution in [2.45, 2.75) is 38.6 Å². The second-order valence-corrected chi connectivity index (χ2v) is 7.20. The molecule has 1 N–H and O–H groups in total. The Balaban J connectivity index is 1.65. The number of hydrogen-bond donors (Lipinski definition) is 1. The summed E-state index contributed by atoms with van der Waals surface area (Å²) in [6, 6.07) is -0.985. The van der Waals surface area contributed by atoms with Crippen LogP contribution >= 0.6 is 0 Å². The minimum absolute atomic E-state index is 0.155. The standard InChI is InChI=1S/C17H21NO4/c1-2-3-4-12(17(21)22)18-15(19)13-8-5-6-9(11-7-10(8)11)14(13)16(18)20/h5-6,8-14H,2-4,7H2,1H3,(H,21,22)/t8-,9-,10-,11+,12+,13+,14+/m0/s1. The maximum atomic E-state index is 12.8. The molecule has 0 aromatic rings. The smallest absolute Gasteiger partial charge is 0.326 e. The zero-order chi connectivity index (χ0) is 15.6. The van der Waals surface area contributed by atoms with Gasteiger partial charge < -0.3 is 5.11 Å². The van der Waals surface area contributed by atoms with Gasteiger partial charge in [-0.25, -0.2) is 4.79 Å². The summed E-state index contributed by atoms with van der Waals surface area (Å²) in [6.45, 7) is 1.98. The number of unbranched alkanes of at least 4 members (excludes halogenated alkanes) is 1. The number of carbonyl (C=O) groups is 3. The van der Waals surface area contributed by atoms with Crippen LogP contribution in [0.3, 0.4) is 0 Å². The molecule has 4 aliphatic carbocycles. The second-order valence-electron chi connectivity index (χ2n) is 7.20. The number of allylic oxidation sites excluding steroid dienone is 2. The molecular formula is C17H21NO4. The Morgan fingerprint density at radius 1 is 1.23 bits per heavy atom. The number of amides is 2. The summed E-state index contributed by atoms with van der Waals surface area (Å²) in [7, 11) is 0. The lowest BCUT2D eigenvalue weighted by Crippen LogP contribution is -2.45. The van der Waals surface area contributed by atoms with Crippen LogP contribution in [0.5, 0.6) is 0 Å². The van der Waals surface area contributed by atoms with E-state index in [0.717, 1.165) is 17.7 Å². The zero-order valence-electron chi connectivity index (χ0n) is 12.6. The molecule has 2 saturated carbocycles. The van der Waals surface area contributed by atoms with Gasteiger partial charge in [0.25, 0.3) is 0 Å². The molecule has 118 valence electrons. The highest BCUT2D eigenvalue weighted by Crippen LogP contribution is 2.65. The van der Waals surface area contributed by atoms with Gasteiger partial charge in [-0.2, -0.15) is 0 Å². The molecule has 2 bridgehead atoms. The molecule has 0 unspecified atom stereocenters. The Kier molecular flexibility index (Phi) is 2.97. The third-order valence-electron chi connectivity index (χ3n) is 6.12. The van der Waals surface area contributed by atoms with Crippen LogP contribution in [0.25, 0.3) is 0 Å². The number of rotatable bonds is 5. The Labute approximate surface area is 129 Å². The SMILES string of the molecule is CCCC[C@H](C(=O)O)N1C(=O)[C@@H]2[C@H]3C=C[C@@H]([C@@H]4C[C@H]34)[C@H]2C1=O. The van der Waals surface area contributed by atoms with E-state index < -0.39 is 12.0 Å². The van der Waals surface area contributed by atoms with Crippen molar-refractivity contribution in [3.8, 4) is 0 Å². The first kappa shape index (κ1) is 14.0. The summed E-state index contributed by atoms with van der Waals surface area (Å²) in [4.78, 5) is 38.3. The fraction of sp³-hybridized carbons (Fsp3) is 0.706. The number of carbonyl (C=O) groups excluding carboxylic acids is 2. The topological polar surface area (TPSA) is 74.7 Å². The minimum Gasteiger partial charge on any atom is -0.480 e. The molecule has 5 nitrogen and oxygen atoms in total. The van der Waals surface area contributed by atoms with E-state index in [2.05, 4.69) is 12.2 Å². The number of nitrogens with zero attached hydrogens (tertiary/aromatic N) is 1. The van der Waals surface area contributed by atoms with Crippen molar-refractivity contribution in [3.63, 3.8) is 0 Å². The minimum atomic E-state index is -1.06. The molecule has 5 aliphatic rings. The third-order valence-corrected chi connectivity index (χ3v) is 6.12. The number of hydrogen-bond acceptors (Lipinski definition) is 3. The molecule has 0 radical (unpaired) electrons. The number of imide groups is 1. The summed E-state index contributed by atoms with van der Waals surface area (Å²) in [6.07, 6.45) is 7.25. The van der Waals surface area contributed by atoms with Crippen molar-refractivity contribution in [2.75, 3.05) is 0 Å². The molecule has 0 spiro atoms. The maximum absolute atomic E-state index is 12.8. The van der Waals surface area contributed by atoms with Gasteiger partial charge in [0.1, 0.15) is 6.04 Å². The van der Waals surface area contributed by atoms with E-state index in [1.807, 2.05) is 6.92 Å².